The zero-order valence-electron chi connectivity index (χ0n) is 10.1. The third-order valence-corrected chi connectivity index (χ3v) is 1.98. The molecule has 0 spiro atoms. The Balaban J connectivity index is 2.58. The Labute approximate surface area is 103 Å². The number of amides is 2. The standard InChI is InChI=1S/C12H14F2N2O2/c1-7(2)16-11(17)6-15-12(18)8-3-9(13)5-10(14)4-8/h3-5,7H,6H2,1-2H3,(H,15,18)(H,16,17). The number of benzene rings is 1. The Kier molecular flexibility index (Phi) is 4.76. The molecule has 2 amide bonds. The van der Waals surface area contributed by atoms with Crippen LogP contribution in [0.4, 0.5) is 8.78 Å². The first-order valence-electron chi connectivity index (χ1n) is 5.42. The quantitative estimate of drug-likeness (QED) is 0.851. The van der Waals surface area contributed by atoms with Crippen molar-refractivity contribution in [2.75, 3.05) is 6.54 Å². The molecule has 2 N–H and O–H groups in total. The van der Waals surface area contributed by atoms with E-state index >= 15 is 0 Å². The molecule has 0 aliphatic rings. The van der Waals surface area contributed by atoms with Gasteiger partial charge in [-0.3, -0.25) is 9.59 Å². The van der Waals surface area contributed by atoms with Crippen LogP contribution in [-0.4, -0.2) is 24.4 Å². The van der Waals surface area contributed by atoms with Gasteiger partial charge in [-0.2, -0.15) is 0 Å². The molecule has 0 aliphatic carbocycles. The number of halogens is 2. The van der Waals surface area contributed by atoms with Crippen LogP contribution in [0.15, 0.2) is 18.2 Å². The van der Waals surface area contributed by atoms with Crippen molar-refractivity contribution >= 4 is 11.8 Å². The molecule has 6 heteroatoms. The molecule has 18 heavy (non-hydrogen) atoms. The molecule has 98 valence electrons. The van der Waals surface area contributed by atoms with Crippen LogP contribution in [0.2, 0.25) is 0 Å². The minimum absolute atomic E-state index is 0.0407. The first kappa shape index (κ1) is 14.1. The van der Waals surface area contributed by atoms with E-state index in [1.54, 1.807) is 13.8 Å². The van der Waals surface area contributed by atoms with E-state index < -0.39 is 17.5 Å². The summed E-state index contributed by atoms with van der Waals surface area (Å²) in [5, 5.41) is 4.84. The number of rotatable bonds is 4. The fourth-order valence-electron chi connectivity index (χ4n) is 1.32. The van der Waals surface area contributed by atoms with E-state index in [0.717, 1.165) is 12.1 Å². The van der Waals surface area contributed by atoms with E-state index in [1.165, 1.54) is 0 Å². The molecule has 0 radical (unpaired) electrons. The highest BCUT2D eigenvalue weighted by atomic mass is 19.1. The van der Waals surface area contributed by atoms with Crippen molar-refractivity contribution in [2.24, 2.45) is 0 Å². The Morgan fingerprint density at radius 1 is 1.17 bits per heavy atom. The van der Waals surface area contributed by atoms with Crippen LogP contribution in [0.5, 0.6) is 0 Å². The van der Waals surface area contributed by atoms with Gasteiger partial charge in [-0.05, 0) is 26.0 Å². The van der Waals surface area contributed by atoms with E-state index in [9.17, 15) is 18.4 Å². The molecule has 0 unspecified atom stereocenters. The lowest BCUT2D eigenvalue weighted by atomic mass is 10.2. The normalized spacial score (nSPS) is 10.3. The van der Waals surface area contributed by atoms with Crippen LogP contribution in [0.25, 0.3) is 0 Å². The van der Waals surface area contributed by atoms with Crippen molar-refractivity contribution < 1.29 is 18.4 Å². The molecule has 1 aromatic rings. The minimum atomic E-state index is -0.841. The summed E-state index contributed by atoms with van der Waals surface area (Å²) in [5.41, 5.74) is -0.162. The molecule has 1 aromatic carbocycles. The van der Waals surface area contributed by atoms with Crippen molar-refractivity contribution in [1.29, 1.82) is 0 Å². The molecule has 0 aliphatic heterocycles. The predicted octanol–water partition coefficient (Wildman–Crippen LogP) is 1.22. The molecular formula is C12H14F2N2O2. The van der Waals surface area contributed by atoms with Gasteiger partial charge in [0.15, 0.2) is 0 Å². The molecule has 0 atom stereocenters. The first-order chi connectivity index (χ1) is 8.38. The van der Waals surface area contributed by atoms with Gasteiger partial charge in [-0.1, -0.05) is 0 Å². The summed E-state index contributed by atoms with van der Waals surface area (Å²) in [7, 11) is 0. The summed E-state index contributed by atoms with van der Waals surface area (Å²) in [6.45, 7) is 3.32. The van der Waals surface area contributed by atoms with Crippen molar-refractivity contribution in [3.63, 3.8) is 0 Å². The molecule has 0 bridgehead atoms. The number of hydrogen-bond donors (Lipinski definition) is 2. The predicted molar refractivity (Wildman–Crippen MR) is 62.0 cm³/mol. The lowest BCUT2D eigenvalue weighted by Gasteiger charge is -2.09. The maximum atomic E-state index is 12.9. The number of nitrogens with one attached hydrogen (secondary N) is 2. The topological polar surface area (TPSA) is 58.2 Å². The Hall–Kier alpha value is -1.98. The van der Waals surface area contributed by atoms with E-state index in [2.05, 4.69) is 10.6 Å². The van der Waals surface area contributed by atoms with Gasteiger partial charge < -0.3 is 10.6 Å². The molecule has 0 saturated heterocycles. The summed E-state index contributed by atoms with van der Waals surface area (Å²) < 4.78 is 25.7. The van der Waals surface area contributed by atoms with Crippen LogP contribution in [0.3, 0.4) is 0 Å². The second-order valence-corrected chi connectivity index (χ2v) is 4.06. The van der Waals surface area contributed by atoms with Gasteiger partial charge >= 0.3 is 0 Å². The number of hydrogen-bond acceptors (Lipinski definition) is 2. The van der Waals surface area contributed by atoms with Crippen LogP contribution in [0, 0.1) is 11.6 Å². The van der Waals surface area contributed by atoms with Gasteiger partial charge in [0.1, 0.15) is 11.6 Å². The van der Waals surface area contributed by atoms with Crippen LogP contribution >= 0.6 is 0 Å². The molecule has 1 rings (SSSR count). The highest BCUT2D eigenvalue weighted by molar-refractivity contribution is 5.96. The largest absolute Gasteiger partial charge is 0.352 e. The summed E-state index contributed by atoms with van der Waals surface area (Å²) in [4.78, 5) is 22.8. The molecule has 0 fully saturated rings. The summed E-state index contributed by atoms with van der Waals surface area (Å²) in [5.74, 6) is -2.75. The summed E-state index contributed by atoms with van der Waals surface area (Å²) in [6.07, 6.45) is 0. The monoisotopic (exact) mass is 256 g/mol. The molecule has 0 heterocycles. The molecule has 0 saturated carbocycles. The third-order valence-electron chi connectivity index (χ3n) is 1.98. The van der Waals surface area contributed by atoms with Gasteiger partial charge in [-0.25, -0.2) is 8.78 Å². The average Bonchev–Trinajstić information content (AvgIpc) is 2.23. The van der Waals surface area contributed by atoms with Crippen molar-refractivity contribution in [2.45, 2.75) is 19.9 Å². The fraction of sp³-hybridized carbons (Fsp3) is 0.333. The van der Waals surface area contributed by atoms with Crippen molar-refractivity contribution in [3.8, 4) is 0 Å². The van der Waals surface area contributed by atoms with Crippen LogP contribution in [-0.2, 0) is 4.79 Å². The van der Waals surface area contributed by atoms with Crippen LogP contribution in [0.1, 0.15) is 24.2 Å². The van der Waals surface area contributed by atoms with Gasteiger partial charge in [0, 0.05) is 17.7 Å². The SMILES string of the molecule is CC(C)NC(=O)CNC(=O)c1cc(F)cc(F)c1. The van der Waals surface area contributed by atoms with Crippen molar-refractivity contribution in [3.05, 3.63) is 35.4 Å². The second-order valence-electron chi connectivity index (χ2n) is 4.06. The maximum Gasteiger partial charge on any atom is 0.251 e. The molecule has 4 nitrogen and oxygen atoms in total. The van der Waals surface area contributed by atoms with Gasteiger partial charge in [0.25, 0.3) is 5.91 Å². The van der Waals surface area contributed by atoms with E-state index in [0.29, 0.717) is 6.07 Å². The lowest BCUT2D eigenvalue weighted by molar-refractivity contribution is -0.120. The minimum Gasteiger partial charge on any atom is -0.352 e. The zero-order chi connectivity index (χ0) is 13.7. The number of carbonyl (C=O) groups excluding carboxylic acids is 2. The maximum absolute atomic E-state index is 12.9. The Morgan fingerprint density at radius 3 is 2.22 bits per heavy atom. The Morgan fingerprint density at radius 2 is 1.72 bits per heavy atom. The summed E-state index contributed by atoms with van der Waals surface area (Å²) >= 11 is 0. The van der Waals surface area contributed by atoms with Gasteiger partial charge in [0.05, 0.1) is 6.54 Å². The van der Waals surface area contributed by atoms with E-state index in [4.69, 9.17) is 0 Å². The Bertz CT molecular complexity index is 441. The van der Waals surface area contributed by atoms with Gasteiger partial charge in [-0.15, -0.1) is 0 Å². The van der Waals surface area contributed by atoms with Gasteiger partial charge in [0.2, 0.25) is 5.91 Å². The van der Waals surface area contributed by atoms with E-state index in [1.807, 2.05) is 0 Å². The average molecular weight is 256 g/mol. The highest BCUT2D eigenvalue weighted by Gasteiger charge is 2.11. The third kappa shape index (κ3) is 4.48. The highest BCUT2D eigenvalue weighted by Crippen LogP contribution is 2.07. The zero-order valence-corrected chi connectivity index (χ0v) is 10.1. The van der Waals surface area contributed by atoms with E-state index in [-0.39, 0.29) is 24.1 Å². The van der Waals surface area contributed by atoms with Crippen LogP contribution < -0.4 is 10.6 Å². The number of carbonyl (C=O) groups is 2. The second kappa shape index (κ2) is 6.09. The van der Waals surface area contributed by atoms with Crippen molar-refractivity contribution in [1.82, 2.24) is 10.6 Å². The lowest BCUT2D eigenvalue weighted by Crippen LogP contribution is -2.39. The summed E-state index contributed by atoms with van der Waals surface area (Å²) in [6, 6.07) is 2.43. The molecule has 0 aromatic heterocycles. The first-order valence-corrected chi connectivity index (χ1v) is 5.42. The smallest absolute Gasteiger partial charge is 0.251 e. The molecular weight excluding hydrogens is 242 g/mol. The fourth-order valence-corrected chi connectivity index (χ4v) is 1.32.